The molecule has 24 heavy (non-hydrogen) atoms. The molecule has 0 spiro atoms. The van der Waals surface area contributed by atoms with Crippen molar-refractivity contribution in [2.45, 2.75) is 25.1 Å². The summed E-state index contributed by atoms with van der Waals surface area (Å²) in [7, 11) is 0. The van der Waals surface area contributed by atoms with Gasteiger partial charge < -0.3 is 10.1 Å². The molecule has 5 nitrogen and oxygen atoms in total. The Hall–Kier alpha value is -2.64. The number of benzene rings is 1. The molecule has 1 amide bonds. The summed E-state index contributed by atoms with van der Waals surface area (Å²) < 4.78 is 42.9. The molecule has 3 rings (SSSR count). The van der Waals surface area contributed by atoms with Gasteiger partial charge in [0.2, 0.25) is 5.82 Å². The second-order valence-corrected chi connectivity index (χ2v) is 5.42. The zero-order valence-corrected chi connectivity index (χ0v) is 12.5. The van der Waals surface area contributed by atoms with E-state index >= 15 is 0 Å². The van der Waals surface area contributed by atoms with E-state index in [1.165, 1.54) is 0 Å². The zero-order chi connectivity index (χ0) is 17.2. The SMILES string of the molecule is O=C(NC1CCc2ccccc2OC1)c1cnc(C(F)(F)F)nc1. The molecule has 0 saturated carbocycles. The number of amides is 1. The van der Waals surface area contributed by atoms with E-state index in [0.29, 0.717) is 13.0 Å². The number of fused-ring (bicyclic) bond motifs is 1. The van der Waals surface area contributed by atoms with Crippen LogP contribution in [0.2, 0.25) is 0 Å². The molecule has 0 saturated heterocycles. The number of aromatic nitrogens is 2. The van der Waals surface area contributed by atoms with Gasteiger partial charge in [-0.05, 0) is 24.5 Å². The lowest BCUT2D eigenvalue weighted by Crippen LogP contribution is -2.38. The number of hydrogen-bond donors (Lipinski definition) is 1. The van der Waals surface area contributed by atoms with E-state index in [0.717, 1.165) is 30.1 Å². The van der Waals surface area contributed by atoms with Crippen LogP contribution in [0.25, 0.3) is 0 Å². The van der Waals surface area contributed by atoms with Crippen molar-refractivity contribution in [3.05, 3.63) is 53.6 Å². The lowest BCUT2D eigenvalue weighted by atomic mass is 10.1. The molecule has 0 fully saturated rings. The van der Waals surface area contributed by atoms with Crippen molar-refractivity contribution in [1.29, 1.82) is 0 Å². The predicted octanol–water partition coefficient (Wildman–Crippen LogP) is 2.62. The number of carbonyl (C=O) groups is 1. The first-order chi connectivity index (χ1) is 11.4. The standard InChI is InChI=1S/C16H14F3N3O2/c17-16(18,19)15-20-7-11(8-21-15)14(23)22-12-6-5-10-3-1-2-4-13(10)24-9-12/h1-4,7-8,12H,5-6,9H2,(H,22,23). The van der Waals surface area contributed by atoms with Gasteiger partial charge in [-0.2, -0.15) is 13.2 Å². The van der Waals surface area contributed by atoms with Crippen molar-refractivity contribution in [3.8, 4) is 5.75 Å². The monoisotopic (exact) mass is 337 g/mol. The average molecular weight is 337 g/mol. The van der Waals surface area contributed by atoms with Gasteiger partial charge in [0.15, 0.2) is 0 Å². The Labute approximate surface area is 135 Å². The largest absolute Gasteiger partial charge is 0.491 e. The second-order valence-electron chi connectivity index (χ2n) is 5.42. The normalized spacial score (nSPS) is 17.4. The Bertz CT molecular complexity index is 705. The first-order valence-electron chi connectivity index (χ1n) is 7.34. The molecule has 1 N–H and O–H groups in total. The van der Waals surface area contributed by atoms with Crippen LogP contribution in [0, 0.1) is 0 Å². The third kappa shape index (κ3) is 3.64. The summed E-state index contributed by atoms with van der Waals surface area (Å²) in [6.07, 6.45) is -1.47. The minimum absolute atomic E-state index is 0.0234. The van der Waals surface area contributed by atoms with Crippen LogP contribution in [0.1, 0.15) is 28.2 Å². The topological polar surface area (TPSA) is 64.1 Å². The van der Waals surface area contributed by atoms with Gasteiger partial charge in [0.1, 0.15) is 12.4 Å². The molecule has 1 aromatic carbocycles. The maximum atomic E-state index is 12.4. The van der Waals surface area contributed by atoms with E-state index in [9.17, 15) is 18.0 Å². The highest BCUT2D eigenvalue weighted by molar-refractivity contribution is 5.93. The number of aryl methyl sites for hydroxylation is 1. The fourth-order valence-electron chi connectivity index (χ4n) is 2.43. The van der Waals surface area contributed by atoms with E-state index in [1.807, 2.05) is 24.3 Å². The van der Waals surface area contributed by atoms with Crippen molar-refractivity contribution in [2.24, 2.45) is 0 Å². The van der Waals surface area contributed by atoms with Gasteiger partial charge in [-0.15, -0.1) is 0 Å². The predicted molar refractivity (Wildman–Crippen MR) is 78.5 cm³/mol. The van der Waals surface area contributed by atoms with Gasteiger partial charge in [-0.25, -0.2) is 9.97 Å². The molecule has 1 atom stereocenters. The molecule has 126 valence electrons. The highest BCUT2D eigenvalue weighted by atomic mass is 19.4. The molecular formula is C16H14F3N3O2. The van der Waals surface area contributed by atoms with Crippen molar-refractivity contribution >= 4 is 5.91 Å². The maximum Gasteiger partial charge on any atom is 0.451 e. The first kappa shape index (κ1) is 16.2. The van der Waals surface area contributed by atoms with Crippen LogP contribution in [-0.4, -0.2) is 28.5 Å². The van der Waals surface area contributed by atoms with Crippen molar-refractivity contribution in [3.63, 3.8) is 0 Å². The van der Waals surface area contributed by atoms with E-state index in [-0.39, 0.29) is 11.6 Å². The van der Waals surface area contributed by atoms with Gasteiger partial charge in [0.25, 0.3) is 5.91 Å². The van der Waals surface area contributed by atoms with E-state index in [2.05, 4.69) is 15.3 Å². The van der Waals surface area contributed by atoms with Gasteiger partial charge in [-0.1, -0.05) is 18.2 Å². The molecule has 0 radical (unpaired) electrons. The first-order valence-corrected chi connectivity index (χ1v) is 7.34. The highest BCUT2D eigenvalue weighted by Gasteiger charge is 2.34. The van der Waals surface area contributed by atoms with Crippen LogP contribution >= 0.6 is 0 Å². The number of halogens is 3. The number of nitrogens with zero attached hydrogens (tertiary/aromatic N) is 2. The summed E-state index contributed by atoms with van der Waals surface area (Å²) in [6.45, 7) is 0.296. The molecular weight excluding hydrogens is 323 g/mol. The summed E-state index contributed by atoms with van der Waals surface area (Å²) in [4.78, 5) is 18.5. The number of nitrogens with one attached hydrogen (secondary N) is 1. The van der Waals surface area contributed by atoms with Gasteiger partial charge in [0.05, 0.1) is 11.6 Å². The third-order valence-corrected chi connectivity index (χ3v) is 3.68. The summed E-state index contributed by atoms with van der Waals surface area (Å²) in [5.41, 5.74) is 1.04. The van der Waals surface area contributed by atoms with Crippen LogP contribution in [0.15, 0.2) is 36.7 Å². The molecule has 0 bridgehead atoms. The number of rotatable bonds is 2. The fraction of sp³-hybridized carbons (Fsp3) is 0.312. The van der Waals surface area contributed by atoms with E-state index in [4.69, 9.17) is 4.74 Å². The minimum Gasteiger partial charge on any atom is -0.491 e. The lowest BCUT2D eigenvalue weighted by molar-refractivity contribution is -0.145. The van der Waals surface area contributed by atoms with Crippen LogP contribution in [0.4, 0.5) is 13.2 Å². The minimum atomic E-state index is -4.63. The lowest BCUT2D eigenvalue weighted by Gasteiger charge is -2.16. The number of alkyl halides is 3. The molecule has 1 aromatic heterocycles. The Balaban J connectivity index is 1.63. The van der Waals surface area contributed by atoms with Crippen LogP contribution in [0.5, 0.6) is 5.75 Å². The molecule has 8 heteroatoms. The van der Waals surface area contributed by atoms with Crippen LogP contribution < -0.4 is 10.1 Å². The summed E-state index contributed by atoms with van der Waals surface area (Å²) >= 11 is 0. The summed E-state index contributed by atoms with van der Waals surface area (Å²) in [5, 5.41) is 2.74. The maximum absolute atomic E-state index is 12.4. The quantitative estimate of drug-likeness (QED) is 0.915. The smallest absolute Gasteiger partial charge is 0.451 e. The Kier molecular flexibility index (Phi) is 4.37. The molecule has 2 heterocycles. The molecule has 0 aliphatic carbocycles. The van der Waals surface area contributed by atoms with Crippen molar-refractivity contribution in [2.75, 3.05) is 6.61 Å². The third-order valence-electron chi connectivity index (χ3n) is 3.68. The van der Waals surface area contributed by atoms with E-state index in [1.54, 1.807) is 0 Å². The van der Waals surface area contributed by atoms with Gasteiger partial charge in [0, 0.05) is 12.4 Å². The zero-order valence-electron chi connectivity index (χ0n) is 12.5. The van der Waals surface area contributed by atoms with Crippen LogP contribution in [0.3, 0.4) is 0 Å². The molecule has 2 aromatic rings. The summed E-state index contributed by atoms with van der Waals surface area (Å²) in [6, 6.07) is 7.37. The Morgan fingerprint density at radius 1 is 1.21 bits per heavy atom. The number of ether oxygens (including phenoxy) is 1. The Morgan fingerprint density at radius 2 is 1.92 bits per heavy atom. The Morgan fingerprint density at radius 3 is 2.62 bits per heavy atom. The van der Waals surface area contributed by atoms with Crippen molar-refractivity contribution in [1.82, 2.24) is 15.3 Å². The number of hydrogen-bond acceptors (Lipinski definition) is 4. The average Bonchev–Trinajstić information content (AvgIpc) is 2.77. The van der Waals surface area contributed by atoms with Gasteiger partial charge >= 0.3 is 6.18 Å². The second kappa shape index (κ2) is 6.46. The van der Waals surface area contributed by atoms with Gasteiger partial charge in [-0.3, -0.25) is 4.79 Å². The fourth-order valence-corrected chi connectivity index (χ4v) is 2.43. The molecule has 1 aliphatic rings. The molecule has 1 aliphatic heterocycles. The summed E-state index contributed by atoms with van der Waals surface area (Å²) in [5.74, 6) is -1.01. The number of carbonyl (C=O) groups excluding carboxylic acids is 1. The number of para-hydroxylation sites is 1. The highest BCUT2D eigenvalue weighted by Crippen LogP contribution is 2.25. The van der Waals surface area contributed by atoms with Crippen molar-refractivity contribution < 1.29 is 22.7 Å². The van der Waals surface area contributed by atoms with E-state index < -0.39 is 17.9 Å². The van der Waals surface area contributed by atoms with Crippen LogP contribution in [-0.2, 0) is 12.6 Å². The molecule has 1 unspecified atom stereocenters.